The van der Waals surface area contributed by atoms with Crippen LogP contribution >= 0.6 is 0 Å². The average Bonchev–Trinajstić information content (AvgIpc) is 3.91. The first kappa shape index (κ1) is 32.7. The van der Waals surface area contributed by atoms with Gasteiger partial charge in [0.15, 0.2) is 5.58 Å². The average molecular weight is 731 g/mol. The lowest BCUT2D eigenvalue weighted by atomic mass is 10.00. The van der Waals surface area contributed by atoms with Crippen molar-refractivity contribution in [3.63, 3.8) is 0 Å². The van der Waals surface area contributed by atoms with E-state index in [1.165, 1.54) is 11.1 Å². The van der Waals surface area contributed by atoms with E-state index in [1.54, 1.807) is 0 Å². The van der Waals surface area contributed by atoms with Crippen molar-refractivity contribution in [3.8, 4) is 39.7 Å². The van der Waals surface area contributed by atoms with Gasteiger partial charge >= 0.3 is 0 Å². The molecule has 0 unspecified atom stereocenters. The number of fused-ring (bicyclic) bond motifs is 6. The van der Waals surface area contributed by atoms with Crippen LogP contribution in [-0.2, 0) is 0 Å². The Morgan fingerprint density at radius 3 is 1.72 bits per heavy atom. The van der Waals surface area contributed by atoms with E-state index in [4.69, 9.17) is 14.4 Å². The van der Waals surface area contributed by atoms with Gasteiger partial charge in [-0.2, -0.15) is 0 Å². The van der Waals surface area contributed by atoms with Gasteiger partial charge in [0, 0.05) is 39.3 Å². The van der Waals surface area contributed by atoms with Gasteiger partial charge in [-0.3, -0.25) is 4.57 Å². The summed E-state index contributed by atoms with van der Waals surface area (Å²) in [6.07, 6.45) is 0. The molecule has 268 valence electrons. The Morgan fingerprint density at radius 1 is 0.421 bits per heavy atom. The molecule has 2 heterocycles. The van der Waals surface area contributed by atoms with Crippen LogP contribution in [0.5, 0.6) is 0 Å². The van der Waals surface area contributed by atoms with Crippen LogP contribution in [0.1, 0.15) is 0 Å². The molecule has 11 rings (SSSR count). The number of anilines is 3. The molecule has 9 aromatic carbocycles. The molecule has 0 radical (unpaired) electrons. The molecule has 0 atom stereocenters. The zero-order valence-electron chi connectivity index (χ0n) is 30.8. The number of imidazole rings is 1. The molecule has 2 aromatic heterocycles. The molecule has 57 heavy (non-hydrogen) atoms. The summed E-state index contributed by atoms with van der Waals surface area (Å²) in [6, 6.07) is 72.2. The van der Waals surface area contributed by atoms with Gasteiger partial charge in [-0.15, -0.1) is 0 Å². The van der Waals surface area contributed by atoms with Gasteiger partial charge < -0.3 is 9.32 Å². The highest BCUT2D eigenvalue weighted by molar-refractivity contribution is 6.18. The van der Waals surface area contributed by atoms with E-state index >= 15 is 0 Å². The van der Waals surface area contributed by atoms with Crippen LogP contribution in [0.25, 0.3) is 83.3 Å². The Labute approximate surface area is 329 Å². The van der Waals surface area contributed by atoms with Crippen LogP contribution in [0.4, 0.5) is 17.1 Å². The highest BCUT2D eigenvalue weighted by Crippen LogP contribution is 2.41. The smallest absolute Gasteiger partial charge is 0.227 e. The molecular formula is C52H34N4O. The largest absolute Gasteiger partial charge is 0.435 e. The maximum Gasteiger partial charge on any atom is 0.227 e. The minimum absolute atomic E-state index is 0.618. The maximum absolute atomic E-state index is 6.59. The van der Waals surface area contributed by atoms with E-state index in [2.05, 4.69) is 173 Å². The fourth-order valence-corrected chi connectivity index (χ4v) is 8.05. The van der Waals surface area contributed by atoms with Crippen molar-refractivity contribution in [1.82, 2.24) is 14.5 Å². The molecule has 0 bridgehead atoms. The summed E-state index contributed by atoms with van der Waals surface area (Å²) in [4.78, 5) is 12.3. The van der Waals surface area contributed by atoms with Gasteiger partial charge in [0.05, 0.1) is 11.0 Å². The van der Waals surface area contributed by atoms with Crippen molar-refractivity contribution in [1.29, 1.82) is 0 Å². The second-order valence-electron chi connectivity index (χ2n) is 14.3. The molecule has 0 saturated heterocycles. The van der Waals surface area contributed by atoms with Crippen LogP contribution < -0.4 is 4.90 Å². The molecule has 0 fully saturated rings. The SMILES string of the molecule is c1ccc(-c2ccc(N(c3ccc(-n4c(-c5ccccc5)nc5ccccc54)cc3)c3ccc4ccc5ccc6nc(-c7ccccc7)oc6c5c4c3)cc2)cc1. The van der Waals surface area contributed by atoms with Gasteiger partial charge in [-0.25, -0.2) is 9.97 Å². The minimum atomic E-state index is 0.618. The van der Waals surface area contributed by atoms with E-state index in [1.807, 2.05) is 42.5 Å². The quantitative estimate of drug-likeness (QED) is 0.153. The summed E-state index contributed by atoms with van der Waals surface area (Å²) in [5, 5.41) is 4.39. The number of oxazole rings is 1. The fraction of sp³-hybridized carbons (Fsp3) is 0. The third-order valence-electron chi connectivity index (χ3n) is 10.8. The highest BCUT2D eigenvalue weighted by atomic mass is 16.3. The lowest BCUT2D eigenvalue weighted by molar-refractivity contribution is 0.623. The molecule has 0 aliphatic heterocycles. The summed E-state index contributed by atoms with van der Waals surface area (Å²) in [7, 11) is 0. The monoisotopic (exact) mass is 730 g/mol. The summed E-state index contributed by atoms with van der Waals surface area (Å²) in [5.74, 6) is 1.53. The van der Waals surface area contributed by atoms with Crippen LogP contribution in [0, 0.1) is 0 Å². The Balaban J connectivity index is 1.08. The molecule has 0 aliphatic rings. The minimum Gasteiger partial charge on any atom is -0.435 e. The molecule has 0 spiro atoms. The molecule has 5 nitrogen and oxygen atoms in total. The van der Waals surface area contributed by atoms with E-state index < -0.39 is 0 Å². The Morgan fingerprint density at radius 2 is 0.982 bits per heavy atom. The molecule has 11 aromatic rings. The van der Waals surface area contributed by atoms with Gasteiger partial charge in [0.2, 0.25) is 5.89 Å². The molecule has 0 N–H and O–H groups in total. The maximum atomic E-state index is 6.59. The normalized spacial score (nSPS) is 11.5. The van der Waals surface area contributed by atoms with Crippen molar-refractivity contribution in [2.45, 2.75) is 0 Å². The number of rotatable bonds is 7. The van der Waals surface area contributed by atoms with Crippen LogP contribution in [0.15, 0.2) is 211 Å². The molecule has 0 aliphatic carbocycles. The van der Waals surface area contributed by atoms with Crippen LogP contribution in [-0.4, -0.2) is 14.5 Å². The number of hydrogen-bond donors (Lipinski definition) is 0. The van der Waals surface area contributed by atoms with Gasteiger partial charge in [-0.05, 0) is 106 Å². The van der Waals surface area contributed by atoms with Crippen LogP contribution in [0.2, 0.25) is 0 Å². The van der Waals surface area contributed by atoms with Crippen molar-refractivity contribution in [2.24, 2.45) is 0 Å². The Kier molecular flexibility index (Phi) is 7.74. The Hall–Kier alpha value is -7.76. The predicted molar refractivity (Wildman–Crippen MR) is 235 cm³/mol. The van der Waals surface area contributed by atoms with E-state index in [0.29, 0.717) is 5.89 Å². The summed E-state index contributed by atoms with van der Waals surface area (Å²) >= 11 is 0. The molecular weight excluding hydrogens is 697 g/mol. The number of aromatic nitrogens is 3. The van der Waals surface area contributed by atoms with E-state index in [0.717, 1.165) is 83.4 Å². The third-order valence-corrected chi connectivity index (χ3v) is 10.8. The van der Waals surface area contributed by atoms with Crippen molar-refractivity contribution in [3.05, 3.63) is 206 Å². The molecule has 0 amide bonds. The first-order chi connectivity index (χ1) is 28.2. The number of para-hydroxylation sites is 2. The van der Waals surface area contributed by atoms with Crippen LogP contribution in [0.3, 0.4) is 0 Å². The zero-order chi connectivity index (χ0) is 37.7. The van der Waals surface area contributed by atoms with Crippen molar-refractivity contribution < 1.29 is 4.42 Å². The predicted octanol–water partition coefficient (Wildman–Crippen LogP) is 13.9. The lowest BCUT2D eigenvalue weighted by Gasteiger charge is -2.26. The van der Waals surface area contributed by atoms with Crippen molar-refractivity contribution in [2.75, 3.05) is 4.90 Å². The van der Waals surface area contributed by atoms with E-state index in [9.17, 15) is 0 Å². The lowest BCUT2D eigenvalue weighted by Crippen LogP contribution is -2.10. The van der Waals surface area contributed by atoms with Gasteiger partial charge in [0.1, 0.15) is 11.3 Å². The second-order valence-corrected chi connectivity index (χ2v) is 14.3. The number of hydrogen-bond acceptors (Lipinski definition) is 4. The van der Waals surface area contributed by atoms with Gasteiger partial charge in [0.25, 0.3) is 0 Å². The topological polar surface area (TPSA) is 47.1 Å². The van der Waals surface area contributed by atoms with Gasteiger partial charge in [-0.1, -0.05) is 127 Å². The number of benzene rings is 9. The number of nitrogens with zero attached hydrogens (tertiary/aromatic N) is 4. The molecule has 0 saturated carbocycles. The summed E-state index contributed by atoms with van der Waals surface area (Å²) in [5.41, 5.74) is 12.2. The van der Waals surface area contributed by atoms with E-state index in [-0.39, 0.29) is 0 Å². The second kappa shape index (κ2) is 13.5. The van der Waals surface area contributed by atoms with Crippen molar-refractivity contribution >= 4 is 60.7 Å². The summed E-state index contributed by atoms with van der Waals surface area (Å²) in [6.45, 7) is 0. The first-order valence-electron chi connectivity index (χ1n) is 19.2. The highest BCUT2D eigenvalue weighted by Gasteiger charge is 2.19. The third kappa shape index (κ3) is 5.72. The molecule has 5 heteroatoms. The Bertz CT molecular complexity index is 3210. The summed E-state index contributed by atoms with van der Waals surface area (Å²) < 4.78 is 8.84. The fourth-order valence-electron chi connectivity index (χ4n) is 8.05. The zero-order valence-corrected chi connectivity index (χ0v) is 30.8. The first-order valence-corrected chi connectivity index (χ1v) is 19.2. The standard InChI is InChI=1S/C52H34N4O/c1-4-12-35(13-5-1)36-22-26-41(27-23-36)55(42-29-31-43(32-30-42)56-48-19-11-10-18-46(48)53-51(56)39-14-6-2-7-15-39)44-28-24-37-20-21-38-25-33-47-50(49(38)45(37)34-44)57-52(54-47)40-16-8-3-9-17-40/h1-34H.